The van der Waals surface area contributed by atoms with Gasteiger partial charge in [0.05, 0.1) is 0 Å². The first-order valence-electron chi connectivity index (χ1n) is 5.72. The summed E-state index contributed by atoms with van der Waals surface area (Å²) < 4.78 is 0. The van der Waals surface area contributed by atoms with Gasteiger partial charge in [0.2, 0.25) is 5.91 Å². The van der Waals surface area contributed by atoms with E-state index in [-0.39, 0.29) is 5.91 Å². The highest BCUT2D eigenvalue weighted by atomic mass is 16.1. The van der Waals surface area contributed by atoms with Gasteiger partial charge in [-0.2, -0.15) is 0 Å². The highest BCUT2D eigenvalue weighted by Gasteiger charge is 2.15. The van der Waals surface area contributed by atoms with Crippen LogP contribution in [0.1, 0.15) is 39.5 Å². The molecule has 2 atom stereocenters. The zero-order chi connectivity index (χ0) is 10.4. The predicted octanol–water partition coefficient (Wildman–Crippen LogP) is 1.29. The van der Waals surface area contributed by atoms with Gasteiger partial charge in [0.1, 0.15) is 0 Å². The highest BCUT2D eigenvalue weighted by molar-refractivity contribution is 5.76. The number of hydrogen-bond acceptors (Lipinski definition) is 2. The Morgan fingerprint density at radius 3 is 3.00 bits per heavy atom. The van der Waals surface area contributed by atoms with E-state index in [4.69, 9.17) is 0 Å². The molecule has 2 N–H and O–H groups in total. The molecule has 82 valence electrons. The van der Waals surface area contributed by atoms with Gasteiger partial charge in [0.25, 0.3) is 0 Å². The Kier molecular flexibility index (Phi) is 4.94. The molecule has 1 rings (SSSR count). The number of amides is 1. The van der Waals surface area contributed by atoms with Gasteiger partial charge in [-0.15, -0.1) is 0 Å². The lowest BCUT2D eigenvalue weighted by Crippen LogP contribution is -2.37. The molecule has 3 nitrogen and oxygen atoms in total. The Bertz CT molecular complexity index is 176. The van der Waals surface area contributed by atoms with Crippen LogP contribution in [-0.4, -0.2) is 25.0 Å². The number of carbonyl (C=O) groups excluding carboxylic acids is 1. The summed E-state index contributed by atoms with van der Waals surface area (Å²) in [7, 11) is 0. The molecule has 1 saturated heterocycles. The smallest absolute Gasteiger partial charge is 0.220 e. The summed E-state index contributed by atoms with van der Waals surface area (Å²) in [5, 5.41) is 6.35. The molecule has 1 amide bonds. The van der Waals surface area contributed by atoms with Crippen molar-refractivity contribution in [2.45, 2.75) is 45.6 Å². The summed E-state index contributed by atoms with van der Waals surface area (Å²) >= 11 is 0. The van der Waals surface area contributed by atoms with Crippen LogP contribution in [0, 0.1) is 5.92 Å². The van der Waals surface area contributed by atoms with Crippen LogP contribution in [0.4, 0.5) is 0 Å². The van der Waals surface area contributed by atoms with Gasteiger partial charge in [0.15, 0.2) is 0 Å². The lowest BCUT2D eigenvalue weighted by molar-refractivity contribution is -0.122. The van der Waals surface area contributed by atoms with Gasteiger partial charge in [0, 0.05) is 19.0 Å². The zero-order valence-corrected chi connectivity index (χ0v) is 9.31. The molecule has 0 bridgehead atoms. The first-order valence-corrected chi connectivity index (χ1v) is 5.72. The Labute approximate surface area is 86.6 Å². The minimum atomic E-state index is 0.202. The molecule has 0 aromatic heterocycles. The molecular weight excluding hydrogens is 176 g/mol. The third-order valence-electron chi connectivity index (χ3n) is 2.94. The molecular formula is C11H22N2O. The molecule has 14 heavy (non-hydrogen) atoms. The van der Waals surface area contributed by atoms with Crippen LogP contribution in [0.3, 0.4) is 0 Å². The molecule has 1 aliphatic rings. The zero-order valence-electron chi connectivity index (χ0n) is 9.31. The monoisotopic (exact) mass is 198 g/mol. The molecule has 2 unspecified atom stereocenters. The highest BCUT2D eigenvalue weighted by Crippen LogP contribution is 2.06. The molecule has 0 aromatic carbocycles. The topological polar surface area (TPSA) is 41.1 Å². The third kappa shape index (κ3) is 4.09. The number of carbonyl (C=O) groups is 1. The Morgan fingerprint density at radius 2 is 2.43 bits per heavy atom. The van der Waals surface area contributed by atoms with Gasteiger partial charge in [-0.25, -0.2) is 0 Å². The van der Waals surface area contributed by atoms with E-state index in [2.05, 4.69) is 24.5 Å². The summed E-state index contributed by atoms with van der Waals surface area (Å²) in [6.07, 6.45) is 4.19. The quantitative estimate of drug-likeness (QED) is 0.699. The van der Waals surface area contributed by atoms with Crippen molar-refractivity contribution in [3.63, 3.8) is 0 Å². The fourth-order valence-corrected chi connectivity index (χ4v) is 1.70. The van der Waals surface area contributed by atoms with E-state index >= 15 is 0 Å². The number of nitrogens with one attached hydrogen (secondary N) is 2. The van der Waals surface area contributed by atoms with E-state index in [1.54, 1.807) is 0 Å². The Morgan fingerprint density at radius 1 is 1.64 bits per heavy atom. The van der Waals surface area contributed by atoms with Gasteiger partial charge in [-0.05, 0) is 25.3 Å². The second-order valence-corrected chi connectivity index (χ2v) is 4.31. The van der Waals surface area contributed by atoms with E-state index in [0.717, 1.165) is 19.5 Å². The van der Waals surface area contributed by atoms with Crippen LogP contribution in [0.2, 0.25) is 0 Å². The predicted molar refractivity (Wildman–Crippen MR) is 58.1 cm³/mol. The first kappa shape index (κ1) is 11.5. The Balaban J connectivity index is 2.08. The molecule has 0 spiro atoms. The van der Waals surface area contributed by atoms with E-state index in [1.807, 2.05) is 0 Å². The van der Waals surface area contributed by atoms with Crippen molar-refractivity contribution in [3.05, 3.63) is 0 Å². The van der Waals surface area contributed by atoms with Gasteiger partial charge < -0.3 is 10.6 Å². The van der Waals surface area contributed by atoms with Crippen molar-refractivity contribution in [1.82, 2.24) is 10.6 Å². The molecule has 1 fully saturated rings. The third-order valence-corrected chi connectivity index (χ3v) is 2.94. The molecule has 1 aliphatic heterocycles. The number of hydrogen-bond donors (Lipinski definition) is 2. The minimum Gasteiger partial charge on any atom is -0.355 e. The second-order valence-electron chi connectivity index (χ2n) is 4.31. The van der Waals surface area contributed by atoms with E-state index in [9.17, 15) is 4.79 Å². The minimum absolute atomic E-state index is 0.202. The maximum atomic E-state index is 11.4. The first-order chi connectivity index (χ1) is 6.72. The van der Waals surface area contributed by atoms with Crippen LogP contribution < -0.4 is 10.6 Å². The van der Waals surface area contributed by atoms with Gasteiger partial charge in [-0.3, -0.25) is 4.79 Å². The largest absolute Gasteiger partial charge is 0.355 e. The molecule has 3 heteroatoms. The number of rotatable bonds is 5. The average Bonchev–Trinajstić information content (AvgIpc) is 2.67. The second kappa shape index (κ2) is 6.02. The van der Waals surface area contributed by atoms with Crippen molar-refractivity contribution < 1.29 is 4.79 Å². The molecule has 0 aromatic rings. The maximum absolute atomic E-state index is 11.4. The van der Waals surface area contributed by atoms with E-state index in [1.165, 1.54) is 12.8 Å². The summed E-state index contributed by atoms with van der Waals surface area (Å²) in [4.78, 5) is 11.4. The fraction of sp³-hybridized carbons (Fsp3) is 0.909. The van der Waals surface area contributed by atoms with Crippen molar-refractivity contribution in [2.24, 2.45) is 5.92 Å². The SMILES string of the molecule is CCC(C)CC(=O)NCC1CCCN1. The van der Waals surface area contributed by atoms with E-state index < -0.39 is 0 Å². The van der Waals surface area contributed by atoms with Crippen LogP contribution in [0.15, 0.2) is 0 Å². The maximum Gasteiger partial charge on any atom is 0.220 e. The molecule has 0 aliphatic carbocycles. The normalized spacial score (nSPS) is 23.4. The van der Waals surface area contributed by atoms with Crippen molar-refractivity contribution >= 4 is 5.91 Å². The summed E-state index contributed by atoms with van der Waals surface area (Å²) in [6.45, 7) is 6.14. The van der Waals surface area contributed by atoms with E-state index in [0.29, 0.717) is 18.4 Å². The summed E-state index contributed by atoms with van der Waals surface area (Å²) in [5.41, 5.74) is 0. The molecule has 0 radical (unpaired) electrons. The lowest BCUT2D eigenvalue weighted by Gasteiger charge is -2.13. The molecule has 1 heterocycles. The molecule has 0 saturated carbocycles. The van der Waals surface area contributed by atoms with Crippen molar-refractivity contribution in [1.29, 1.82) is 0 Å². The Hall–Kier alpha value is -0.570. The fourth-order valence-electron chi connectivity index (χ4n) is 1.70. The lowest BCUT2D eigenvalue weighted by atomic mass is 10.1. The average molecular weight is 198 g/mol. The van der Waals surface area contributed by atoms with Gasteiger partial charge in [-0.1, -0.05) is 20.3 Å². The van der Waals surface area contributed by atoms with Crippen LogP contribution in [-0.2, 0) is 4.79 Å². The van der Waals surface area contributed by atoms with Crippen LogP contribution >= 0.6 is 0 Å². The summed E-state index contributed by atoms with van der Waals surface area (Å²) in [6, 6.07) is 0.510. The standard InChI is InChI=1S/C11H22N2O/c1-3-9(2)7-11(14)13-8-10-5-4-6-12-10/h9-10,12H,3-8H2,1-2H3,(H,13,14). The van der Waals surface area contributed by atoms with Crippen molar-refractivity contribution in [3.8, 4) is 0 Å². The van der Waals surface area contributed by atoms with Crippen molar-refractivity contribution in [2.75, 3.05) is 13.1 Å². The van der Waals surface area contributed by atoms with Gasteiger partial charge >= 0.3 is 0 Å². The van der Waals surface area contributed by atoms with Crippen LogP contribution in [0.25, 0.3) is 0 Å². The summed E-state index contributed by atoms with van der Waals surface area (Å²) in [5.74, 6) is 0.708. The van der Waals surface area contributed by atoms with Crippen LogP contribution in [0.5, 0.6) is 0 Å².